The fourth-order valence-corrected chi connectivity index (χ4v) is 2.00. The number of hydrogen-bond acceptors (Lipinski definition) is 6. The van der Waals surface area contributed by atoms with Crippen molar-refractivity contribution < 1.29 is 15.1 Å². The molecule has 0 spiro atoms. The molecule has 1 aromatic rings. The molecule has 6 nitrogen and oxygen atoms in total. The molecule has 4 N–H and O–H groups in total. The quantitative estimate of drug-likeness (QED) is 0.285. The van der Waals surface area contributed by atoms with Gasteiger partial charge in [0.2, 0.25) is 0 Å². The van der Waals surface area contributed by atoms with Gasteiger partial charge in [-0.05, 0) is 18.2 Å². The third kappa shape index (κ3) is 3.26. The van der Waals surface area contributed by atoms with Gasteiger partial charge >= 0.3 is 0 Å². The molecule has 0 radical (unpaired) electrons. The first-order valence-corrected chi connectivity index (χ1v) is 6.09. The standard InChI is InChI=1S/C10H13ClN2O4S/c11-5-3-6(10(15)8(14)1-2-18)9(12)7(4-5)13(16)17/h3-4,8,10,14-15,18H,1-2,12H2. The lowest BCUT2D eigenvalue weighted by Crippen LogP contribution is -2.20. The Balaban J connectivity index is 3.19. The van der Waals surface area contributed by atoms with Crippen LogP contribution < -0.4 is 5.73 Å². The van der Waals surface area contributed by atoms with E-state index in [-0.39, 0.29) is 22.7 Å². The Hall–Kier alpha value is -1.02. The number of rotatable bonds is 5. The maximum absolute atomic E-state index is 10.8. The molecule has 0 amide bonds. The molecule has 1 aromatic carbocycles. The number of nitro groups is 1. The summed E-state index contributed by atoms with van der Waals surface area (Å²) < 4.78 is 0. The molecule has 0 saturated carbocycles. The van der Waals surface area contributed by atoms with Crippen LogP contribution in [0.3, 0.4) is 0 Å². The Bertz CT molecular complexity index is 458. The molecule has 18 heavy (non-hydrogen) atoms. The van der Waals surface area contributed by atoms with Crippen LogP contribution >= 0.6 is 24.2 Å². The number of halogens is 1. The van der Waals surface area contributed by atoms with E-state index in [0.29, 0.717) is 5.75 Å². The maximum atomic E-state index is 10.8. The highest BCUT2D eigenvalue weighted by atomic mass is 35.5. The van der Waals surface area contributed by atoms with E-state index in [0.717, 1.165) is 6.07 Å². The Kier molecular flexibility index (Phi) is 5.21. The average molecular weight is 293 g/mol. The van der Waals surface area contributed by atoms with E-state index in [1.807, 2.05) is 0 Å². The zero-order valence-corrected chi connectivity index (χ0v) is 10.9. The van der Waals surface area contributed by atoms with Crippen molar-refractivity contribution in [2.45, 2.75) is 18.6 Å². The molecular weight excluding hydrogens is 280 g/mol. The number of aliphatic hydroxyl groups is 2. The molecule has 0 aliphatic carbocycles. The van der Waals surface area contributed by atoms with Gasteiger partial charge in [-0.1, -0.05) is 11.6 Å². The van der Waals surface area contributed by atoms with Crippen molar-refractivity contribution >= 4 is 35.6 Å². The van der Waals surface area contributed by atoms with E-state index in [2.05, 4.69) is 12.6 Å². The van der Waals surface area contributed by atoms with Gasteiger partial charge in [-0.3, -0.25) is 10.1 Å². The van der Waals surface area contributed by atoms with Crippen LogP contribution in [-0.4, -0.2) is 27.0 Å². The number of nitro benzene ring substituents is 1. The summed E-state index contributed by atoms with van der Waals surface area (Å²) in [4.78, 5) is 10.1. The van der Waals surface area contributed by atoms with E-state index in [4.69, 9.17) is 17.3 Å². The van der Waals surface area contributed by atoms with Crippen molar-refractivity contribution in [3.05, 3.63) is 32.8 Å². The average Bonchev–Trinajstić information content (AvgIpc) is 2.30. The number of thiol groups is 1. The van der Waals surface area contributed by atoms with E-state index >= 15 is 0 Å². The van der Waals surface area contributed by atoms with Crippen molar-refractivity contribution in [3.63, 3.8) is 0 Å². The minimum atomic E-state index is -1.34. The van der Waals surface area contributed by atoms with Crippen molar-refractivity contribution in [1.82, 2.24) is 0 Å². The highest BCUT2D eigenvalue weighted by Gasteiger charge is 2.25. The van der Waals surface area contributed by atoms with Crippen LogP contribution in [0, 0.1) is 10.1 Å². The first-order chi connectivity index (χ1) is 8.38. The molecule has 2 unspecified atom stereocenters. The summed E-state index contributed by atoms with van der Waals surface area (Å²) in [7, 11) is 0. The molecule has 0 aliphatic heterocycles. The van der Waals surface area contributed by atoms with Crippen molar-refractivity contribution in [3.8, 4) is 0 Å². The summed E-state index contributed by atoms with van der Waals surface area (Å²) >= 11 is 9.65. The summed E-state index contributed by atoms with van der Waals surface area (Å²) in [5.41, 5.74) is 5.05. The van der Waals surface area contributed by atoms with Crippen LogP contribution in [0.4, 0.5) is 11.4 Å². The van der Waals surface area contributed by atoms with Gasteiger partial charge in [0.15, 0.2) is 0 Å². The summed E-state index contributed by atoms with van der Waals surface area (Å²) in [6.45, 7) is 0. The molecule has 0 aliphatic rings. The Morgan fingerprint density at radius 1 is 1.50 bits per heavy atom. The fraction of sp³-hybridized carbons (Fsp3) is 0.400. The molecule has 2 atom stereocenters. The number of nitrogen functional groups attached to an aromatic ring is 1. The summed E-state index contributed by atoms with van der Waals surface area (Å²) in [6.07, 6.45) is -2.22. The lowest BCUT2D eigenvalue weighted by atomic mass is 10.00. The second-order valence-electron chi connectivity index (χ2n) is 3.71. The summed E-state index contributed by atoms with van der Waals surface area (Å²) in [5, 5.41) is 30.4. The monoisotopic (exact) mass is 292 g/mol. The zero-order valence-electron chi connectivity index (χ0n) is 9.28. The van der Waals surface area contributed by atoms with Gasteiger partial charge in [0, 0.05) is 16.7 Å². The van der Waals surface area contributed by atoms with Gasteiger partial charge in [0.25, 0.3) is 5.69 Å². The molecule has 0 aromatic heterocycles. The largest absolute Gasteiger partial charge is 0.393 e. The third-order valence-corrected chi connectivity index (χ3v) is 2.94. The SMILES string of the molecule is Nc1c(C(O)C(O)CCS)cc(Cl)cc1[N+](=O)[O-]. The summed E-state index contributed by atoms with van der Waals surface area (Å²) in [6, 6.07) is 2.40. The van der Waals surface area contributed by atoms with Crippen LogP contribution in [0.15, 0.2) is 12.1 Å². The molecule has 0 saturated heterocycles. The van der Waals surface area contributed by atoms with E-state index in [1.54, 1.807) is 0 Å². The topological polar surface area (TPSA) is 110 Å². The van der Waals surface area contributed by atoms with Gasteiger partial charge in [-0.2, -0.15) is 12.6 Å². The second kappa shape index (κ2) is 6.24. The number of anilines is 1. The van der Waals surface area contributed by atoms with E-state index in [9.17, 15) is 20.3 Å². The predicted octanol–water partition coefficient (Wildman–Crippen LogP) is 1.54. The molecule has 100 valence electrons. The third-order valence-electron chi connectivity index (χ3n) is 2.46. The fourth-order valence-electron chi connectivity index (χ4n) is 1.52. The summed E-state index contributed by atoms with van der Waals surface area (Å²) in [5.74, 6) is 0.362. The van der Waals surface area contributed by atoms with Gasteiger partial charge in [-0.25, -0.2) is 0 Å². The smallest absolute Gasteiger partial charge is 0.293 e. The molecule has 0 fully saturated rings. The first-order valence-electron chi connectivity index (χ1n) is 5.08. The molecule has 1 rings (SSSR count). The van der Waals surface area contributed by atoms with Gasteiger partial charge in [-0.15, -0.1) is 0 Å². The maximum Gasteiger partial charge on any atom is 0.293 e. The lowest BCUT2D eigenvalue weighted by Gasteiger charge is -2.19. The number of nitrogens with two attached hydrogens (primary N) is 1. The first kappa shape index (κ1) is 15.0. The second-order valence-corrected chi connectivity index (χ2v) is 4.59. The zero-order chi connectivity index (χ0) is 13.9. The van der Waals surface area contributed by atoms with Crippen molar-refractivity contribution in [2.24, 2.45) is 0 Å². The van der Waals surface area contributed by atoms with Gasteiger partial charge in [0.1, 0.15) is 11.8 Å². The number of aliphatic hydroxyl groups excluding tert-OH is 2. The Morgan fingerprint density at radius 2 is 2.11 bits per heavy atom. The molecule has 8 heteroatoms. The molecular formula is C10H13ClN2O4S. The minimum Gasteiger partial charge on any atom is -0.393 e. The number of benzene rings is 1. The van der Waals surface area contributed by atoms with E-state index < -0.39 is 22.8 Å². The van der Waals surface area contributed by atoms with Crippen molar-refractivity contribution in [1.29, 1.82) is 0 Å². The molecule has 0 bridgehead atoms. The van der Waals surface area contributed by atoms with E-state index in [1.165, 1.54) is 6.07 Å². The van der Waals surface area contributed by atoms with Crippen LogP contribution in [0.2, 0.25) is 5.02 Å². The Morgan fingerprint density at radius 3 is 2.61 bits per heavy atom. The number of hydrogen-bond donors (Lipinski definition) is 4. The highest BCUT2D eigenvalue weighted by molar-refractivity contribution is 7.80. The van der Waals surface area contributed by atoms with Gasteiger partial charge < -0.3 is 15.9 Å². The van der Waals surface area contributed by atoms with Crippen LogP contribution in [0.1, 0.15) is 18.1 Å². The normalized spacial score (nSPS) is 14.2. The van der Waals surface area contributed by atoms with Crippen LogP contribution in [0.5, 0.6) is 0 Å². The van der Waals surface area contributed by atoms with Crippen molar-refractivity contribution in [2.75, 3.05) is 11.5 Å². The molecule has 0 heterocycles. The van der Waals surface area contributed by atoms with Crippen LogP contribution in [-0.2, 0) is 0 Å². The Labute approximate surface area is 114 Å². The number of nitrogens with zero attached hydrogens (tertiary/aromatic N) is 1. The lowest BCUT2D eigenvalue weighted by molar-refractivity contribution is -0.384. The van der Waals surface area contributed by atoms with Gasteiger partial charge in [0.05, 0.1) is 11.0 Å². The van der Waals surface area contributed by atoms with Crippen LogP contribution in [0.25, 0.3) is 0 Å². The highest BCUT2D eigenvalue weighted by Crippen LogP contribution is 2.34. The minimum absolute atomic E-state index is 0.0449. The predicted molar refractivity (Wildman–Crippen MR) is 72.0 cm³/mol.